The molecule has 0 radical (unpaired) electrons. The summed E-state index contributed by atoms with van der Waals surface area (Å²) in [5, 5.41) is 0. The Morgan fingerprint density at radius 3 is 2.20 bits per heavy atom. The van der Waals surface area contributed by atoms with Crippen molar-refractivity contribution in [2.24, 2.45) is 5.92 Å². The lowest BCUT2D eigenvalue weighted by Crippen LogP contribution is -2.25. The molecule has 0 N–H and O–H groups in total. The molecule has 2 rings (SSSR count). The maximum atomic E-state index is 12.1. The molecule has 0 atom stereocenters. The topological polar surface area (TPSA) is 43.4 Å². The number of ether oxygens (including phenoxy) is 1. The van der Waals surface area contributed by atoms with Crippen LogP contribution < -0.4 is 4.74 Å². The van der Waals surface area contributed by atoms with Crippen LogP contribution in [0.4, 0.5) is 8.78 Å². The summed E-state index contributed by atoms with van der Waals surface area (Å²) in [5.41, 5.74) is 0.224. The molecule has 1 aromatic carbocycles. The van der Waals surface area contributed by atoms with Gasteiger partial charge in [-0.3, -0.25) is 9.59 Å². The molecular formula is C15H16F2O3. The molecule has 0 aliphatic heterocycles. The van der Waals surface area contributed by atoms with Crippen LogP contribution in [0.3, 0.4) is 0 Å². The normalized spacial score (nSPS) is 16.1. The van der Waals surface area contributed by atoms with Gasteiger partial charge in [-0.05, 0) is 37.1 Å². The lowest BCUT2D eigenvalue weighted by molar-refractivity contribution is -0.119. The number of hydrogen-bond donors (Lipinski definition) is 0. The molecular weight excluding hydrogens is 266 g/mol. The first-order chi connectivity index (χ1) is 9.58. The second-order valence-electron chi connectivity index (χ2n) is 4.93. The highest BCUT2D eigenvalue weighted by Crippen LogP contribution is 2.26. The number of halogens is 2. The zero-order valence-electron chi connectivity index (χ0n) is 11.0. The Hall–Kier alpha value is -1.78. The van der Waals surface area contributed by atoms with Gasteiger partial charge in [-0.1, -0.05) is 19.3 Å². The van der Waals surface area contributed by atoms with E-state index in [1.165, 1.54) is 24.3 Å². The van der Waals surface area contributed by atoms with E-state index < -0.39 is 12.4 Å². The summed E-state index contributed by atoms with van der Waals surface area (Å²) in [7, 11) is 0. The third-order valence-corrected chi connectivity index (χ3v) is 3.54. The lowest BCUT2D eigenvalue weighted by atomic mass is 9.84. The fraction of sp³-hybridized carbons (Fsp3) is 0.467. The van der Waals surface area contributed by atoms with Crippen LogP contribution in [0.25, 0.3) is 0 Å². The van der Waals surface area contributed by atoms with Crippen molar-refractivity contribution in [3.8, 4) is 5.75 Å². The first-order valence-electron chi connectivity index (χ1n) is 6.71. The Morgan fingerprint density at radius 1 is 1.05 bits per heavy atom. The van der Waals surface area contributed by atoms with Crippen molar-refractivity contribution in [3.63, 3.8) is 0 Å². The van der Waals surface area contributed by atoms with Crippen molar-refractivity contribution in [1.82, 2.24) is 0 Å². The van der Waals surface area contributed by atoms with E-state index in [0.717, 1.165) is 32.1 Å². The number of hydrogen-bond acceptors (Lipinski definition) is 3. The molecule has 1 aliphatic carbocycles. The number of ketones is 2. The van der Waals surface area contributed by atoms with Gasteiger partial charge in [-0.25, -0.2) is 0 Å². The third-order valence-electron chi connectivity index (χ3n) is 3.54. The number of Topliss-reactive ketones (excluding diaryl/α,β-unsaturated/α-hetero) is 2. The fourth-order valence-electron chi connectivity index (χ4n) is 2.48. The summed E-state index contributed by atoms with van der Waals surface area (Å²) >= 11 is 0. The Bertz CT molecular complexity index is 476. The van der Waals surface area contributed by atoms with Crippen LogP contribution in [-0.2, 0) is 4.79 Å². The zero-order valence-corrected chi connectivity index (χ0v) is 11.0. The van der Waals surface area contributed by atoms with Crippen molar-refractivity contribution in [1.29, 1.82) is 0 Å². The molecule has 0 aromatic heterocycles. The minimum atomic E-state index is -2.90. The van der Waals surface area contributed by atoms with Crippen LogP contribution in [0.1, 0.15) is 42.5 Å². The van der Waals surface area contributed by atoms with Gasteiger partial charge >= 0.3 is 6.61 Å². The van der Waals surface area contributed by atoms with Crippen molar-refractivity contribution < 1.29 is 23.1 Å². The second-order valence-corrected chi connectivity index (χ2v) is 4.93. The number of rotatable bonds is 5. The Morgan fingerprint density at radius 2 is 1.65 bits per heavy atom. The minimum absolute atomic E-state index is 0.0262. The average molecular weight is 282 g/mol. The van der Waals surface area contributed by atoms with Crippen LogP contribution in [-0.4, -0.2) is 18.2 Å². The van der Waals surface area contributed by atoms with Gasteiger partial charge in [0.15, 0.2) is 0 Å². The van der Waals surface area contributed by atoms with Crippen LogP contribution >= 0.6 is 0 Å². The van der Waals surface area contributed by atoms with Gasteiger partial charge in [-0.2, -0.15) is 8.78 Å². The molecule has 0 bridgehead atoms. The maximum absolute atomic E-state index is 12.1. The maximum Gasteiger partial charge on any atom is 0.387 e. The molecule has 1 fully saturated rings. The molecule has 0 heterocycles. The molecule has 1 aromatic rings. The van der Waals surface area contributed by atoms with E-state index in [4.69, 9.17) is 0 Å². The fourth-order valence-corrected chi connectivity index (χ4v) is 2.48. The summed E-state index contributed by atoms with van der Waals surface area (Å²) in [5.74, 6) is -1.12. The van der Waals surface area contributed by atoms with E-state index >= 15 is 0 Å². The van der Waals surface area contributed by atoms with E-state index in [1.807, 2.05) is 0 Å². The highest BCUT2D eigenvalue weighted by Gasteiger charge is 2.27. The van der Waals surface area contributed by atoms with E-state index in [-0.39, 0.29) is 23.0 Å². The standard InChI is InChI=1S/C15H16F2O3/c16-15(17)20-12-8-6-11(7-9-12)14(19)13(18)10-4-2-1-3-5-10/h6-10,15H,1-5H2. The second kappa shape index (κ2) is 6.59. The SMILES string of the molecule is O=C(C(=O)C1CCCCC1)c1ccc(OC(F)F)cc1. The molecule has 5 heteroatoms. The smallest absolute Gasteiger partial charge is 0.387 e. The number of carbonyl (C=O) groups excluding carboxylic acids is 2. The molecule has 0 saturated heterocycles. The zero-order chi connectivity index (χ0) is 14.5. The predicted octanol–water partition coefficient (Wildman–Crippen LogP) is 3.62. The van der Waals surface area contributed by atoms with Crippen LogP contribution in [0.5, 0.6) is 5.75 Å². The van der Waals surface area contributed by atoms with Gasteiger partial charge in [0.1, 0.15) is 5.75 Å². The summed E-state index contributed by atoms with van der Waals surface area (Å²) in [6, 6.07) is 5.24. The van der Waals surface area contributed by atoms with Crippen molar-refractivity contribution in [2.45, 2.75) is 38.7 Å². The number of benzene rings is 1. The molecule has 1 saturated carbocycles. The Balaban J connectivity index is 2.02. The quantitative estimate of drug-likeness (QED) is 0.612. The van der Waals surface area contributed by atoms with Crippen molar-refractivity contribution in [2.75, 3.05) is 0 Å². The summed E-state index contributed by atoms with van der Waals surface area (Å²) in [6.07, 6.45) is 4.58. The Labute approximate surface area is 115 Å². The number of carbonyl (C=O) groups is 2. The van der Waals surface area contributed by atoms with Gasteiger partial charge in [-0.15, -0.1) is 0 Å². The van der Waals surface area contributed by atoms with Crippen molar-refractivity contribution in [3.05, 3.63) is 29.8 Å². The van der Waals surface area contributed by atoms with Crippen molar-refractivity contribution >= 4 is 11.6 Å². The van der Waals surface area contributed by atoms with E-state index in [1.54, 1.807) is 0 Å². The highest BCUT2D eigenvalue weighted by atomic mass is 19.3. The third kappa shape index (κ3) is 3.62. The lowest BCUT2D eigenvalue weighted by Gasteiger charge is -2.19. The molecule has 0 amide bonds. The van der Waals surface area contributed by atoms with Crippen LogP contribution in [0.2, 0.25) is 0 Å². The van der Waals surface area contributed by atoms with Gasteiger partial charge in [0, 0.05) is 11.5 Å². The van der Waals surface area contributed by atoms with Gasteiger partial charge in [0.2, 0.25) is 11.6 Å². The highest BCUT2D eigenvalue weighted by molar-refractivity contribution is 6.44. The molecule has 1 aliphatic rings. The van der Waals surface area contributed by atoms with Gasteiger partial charge < -0.3 is 4.74 Å². The molecule has 0 spiro atoms. The molecule has 20 heavy (non-hydrogen) atoms. The summed E-state index contributed by atoms with van der Waals surface area (Å²) < 4.78 is 28.2. The molecule has 0 unspecified atom stereocenters. The predicted molar refractivity (Wildman–Crippen MR) is 69.0 cm³/mol. The monoisotopic (exact) mass is 282 g/mol. The van der Waals surface area contributed by atoms with Crippen LogP contribution in [0.15, 0.2) is 24.3 Å². The molecule has 3 nitrogen and oxygen atoms in total. The van der Waals surface area contributed by atoms with E-state index in [2.05, 4.69) is 4.74 Å². The van der Waals surface area contributed by atoms with E-state index in [9.17, 15) is 18.4 Å². The summed E-state index contributed by atoms with van der Waals surface area (Å²) in [6.45, 7) is -2.90. The first-order valence-corrected chi connectivity index (χ1v) is 6.71. The average Bonchev–Trinajstić information content (AvgIpc) is 2.47. The van der Waals surface area contributed by atoms with Gasteiger partial charge in [0.25, 0.3) is 0 Å². The number of alkyl halides is 2. The van der Waals surface area contributed by atoms with Gasteiger partial charge in [0.05, 0.1) is 0 Å². The first kappa shape index (κ1) is 14.6. The summed E-state index contributed by atoms with van der Waals surface area (Å²) in [4.78, 5) is 24.1. The van der Waals surface area contributed by atoms with E-state index in [0.29, 0.717) is 0 Å². The minimum Gasteiger partial charge on any atom is -0.435 e. The van der Waals surface area contributed by atoms with Crippen LogP contribution in [0, 0.1) is 5.92 Å². The Kier molecular flexibility index (Phi) is 4.82. The largest absolute Gasteiger partial charge is 0.435 e. The molecule has 108 valence electrons.